The van der Waals surface area contributed by atoms with E-state index in [2.05, 4.69) is 79.0 Å². The Hall–Kier alpha value is -2.65. The zero-order valence-electron chi connectivity index (χ0n) is 16.5. The van der Waals surface area contributed by atoms with Crippen molar-refractivity contribution >= 4 is 22.3 Å². The van der Waals surface area contributed by atoms with Gasteiger partial charge in [-0.15, -0.1) is 0 Å². The van der Waals surface area contributed by atoms with Gasteiger partial charge in [0.15, 0.2) is 5.78 Å². The number of hydrogen-bond donors (Lipinski definition) is 0. The third kappa shape index (κ3) is 2.83. The van der Waals surface area contributed by atoms with Crippen LogP contribution in [0.15, 0.2) is 60.2 Å². The highest BCUT2D eigenvalue weighted by molar-refractivity contribution is 6.09. The predicted molar refractivity (Wildman–Crippen MR) is 112 cm³/mol. The minimum absolute atomic E-state index is 0.0470. The Morgan fingerprint density at radius 2 is 1.70 bits per heavy atom. The standard InChI is InChI=1S/C24H26N2O/c1-16-22(17(2)27)23(18-10-6-5-7-11-18)24-20(14-15-25(3)4)19-12-8-9-13-21(19)26(16)24/h5-13,16H,14-15H2,1-4H3. The van der Waals surface area contributed by atoms with Crippen molar-refractivity contribution in [1.29, 1.82) is 0 Å². The van der Waals surface area contributed by atoms with Crippen LogP contribution in [-0.2, 0) is 11.2 Å². The van der Waals surface area contributed by atoms with Gasteiger partial charge in [0, 0.05) is 28.6 Å². The van der Waals surface area contributed by atoms with E-state index in [0.29, 0.717) is 0 Å². The number of aromatic nitrogens is 1. The van der Waals surface area contributed by atoms with Gasteiger partial charge in [-0.3, -0.25) is 4.79 Å². The Bertz CT molecular complexity index is 1040. The molecule has 1 aromatic heterocycles. The van der Waals surface area contributed by atoms with E-state index in [-0.39, 0.29) is 11.8 Å². The molecule has 0 bridgehead atoms. The van der Waals surface area contributed by atoms with E-state index in [1.807, 2.05) is 6.07 Å². The molecule has 0 amide bonds. The largest absolute Gasteiger partial charge is 0.333 e. The Balaban J connectivity index is 2.05. The number of nitrogens with zero attached hydrogens (tertiary/aromatic N) is 2. The van der Waals surface area contributed by atoms with E-state index in [0.717, 1.165) is 29.7 Å². The van der Waals surface area contributed by atoms with E-state index < -0.39 is 0 Å². The summed E-state index contributed by atoms with van der Waals surface area (Å²) in [5.41, 5.74) is 6.96. The maximum Gasteiger partial charge on any atom is 0.158 e. The maximum absolute atomic E-state index is 12.6. The van der Waals surface area contributed by atoms with E-state index >= 15 is 0 Å². The number of allylic oxidation sites excluding steroid dienone is 1. The van der Waals surface area contributed by atoms with E-state index in [1.54, 1.807) is 6.92 Å². The molecule has 1 aliphatic rings. The molecule has 27 heavy (non-hydrogen) atoms. The van der Waals surface area contributed by atoms with E-state index in [4.69, 9.17) is 0 Å². The molecule has 0 fully saturated rings. The van der Waals surface area contributed by atoms with Crippen LogP contribution >= 0.6 is 0 Å². The summed E-state index contributed by atoms with van der Waals surface area (Å²) >= 11 is 0. The molecule has 138 valence electrons. The summed E-state index contributed by atoms with van der Waals surface area (Å²) < 4.78 is 2.37. The molecule has 0 aliphatic carbocycles. The summed E-state index contributed by atoms with van der Waals surface area (Å²) in [7, 11) is 4.21. The summed E-state index contributed by atoms with van der Waals surface area (Å²) in [5, 5.41) is 1.30. The van der Waals surface area contributed by atoms with Crippen molar-refractivity contribution in [3.8, 4) is 0 Å². The second-order valence-electron chi connectivity index (χ2n) is 7.65. The van der Waals surface area contributed by atoms with Crippen LogP contribution in [0.1, 0.15) is 36.7 Å². The number of carbonyl (C=O) groups excluding carboxylic acids is 1. The minimum atomic E-state index is 0.0470. The number of rotatable bonds is 5. The van der Waals surface area contributed by atoms with Crippen molar-refractivity contribution in [1.82, 2.24) is 9.47 Å². The van der Waals surface area contributed by atoms with Gasteiger partial charge in [-0.2, -0.15) is 0 Å². The van der Waals surface area contributed by atoms with Gasteiger partial charge in [0.25, 0.3) is 0 Å². The van der Waals surface area contributed by atoms with Gasteiger partial charge < -0.3 is 9.47 Å². The average Bonchev–Trinajstić information content (AvgIpc) is 3.13. The molecule has 0 radical (unpaired) electrons. The van der Waals surface area contributed by atoms with Crippen LogP contribution in [0.5, 0.6) is 0 Å². The Labute approximate surface area is 160 Å². The van der Waals surface area contributed by atoms with Crippen molar-refractivity contribution in [3.63, 3.8) is 0 Å². The number of ketones is 1. The van der Waals surface area contributed by atoms with Crippen molar-refractivity contribution in [2.45, 2.75) is 26.3 Å². The van der Waals surface area contributed by atoms with Gasteiger partial charge in [-0.1, -0.05) is 48.5 Å². The SMILES string of the molecule is CC(=O)C1=C(c2ccccc2)c2c(CCN(C)C)c3ccccc3n2C1C. The first-order chi connectivity index (χ1) is 13.0. The first kappa shape index (κ1) is 17.7. The number of Topliss-reactive ketones (excluding diaryl/α,β-unsaturated/α-hetero) is 1. The minimum Gasteiger partial charge on any atom is -0.333 e. The molecular formula is C24H26N2O. The lowest BCUT2D eigenvalue weighted by molar-refractivity contribution is -0.113. The fourth-order valence-corrected chi connectivity index (χ4v) is 4.43. The van der Waals surface area contributed by atoms with Crippen LogP contribution < -0.4 is 0 Å². The van der Waals surface area contributed by atoms with Crippen LogP contribution in [0.2, 0.25) is 0 Å². The lowest BCUT2D eigenvalue weighted by Gasteiger charge is -2.13. The molecular weight excluding hydrogens is 332 g/mol. The number of benzene rings is 2. The van der Waals surface area contributed by atoms with E-state index in [1.165, 1.54) is 22.2 Å². The Kier molecular flexibility index (Phi) is 4.48. The summed E-state index contributed by atoms with van der Waals surface area (Å²) in [5.74, 6) is 0.160. The number of hydrogen-bond acceptors (Lipinski definition) is 2. The number of para-hydroxylation sites is 1. The molecule has 1 unspecified atom stereocenters. The van der Waals surface area contributed by atoms with Gasteiger partial charge >= 0.3 is 0 Å². The lowest BCUT2D eigenvalue weighted by atomic mass is 9.91. The van der Waals surface area contributed by atoms with Crippen molar-refractivity contribution in [2.24, 2.45) is 0 Å². The molecule has 0 spiro atoms. The third-order valence-corrected chi connectivity index (χ3v) is 5.58. The molecule has 0 saturated carbocycles. The predicted octanol–water partition coefficient (Wildman–Crippen LogP) is 4.71. The quantitative estimate of drug-likeness (QED) is 0.660. The van der Waals surface area contributed by atoms with Gasteiger partial charge in [0.05, 0.1) is 11.7 Å². The fraction of sp³-hybridized carbons (Fsp3) is 0.292. The van der Waals surface area contributed by atoms with Gasteiger partial charge in [0.1, 0.15) is 0 Å². The molecule has 4 rings (SSSR count). The molecule has 2 heterocycles. The molecule has 1 aliphatic heterocycles. The highest BCUT2D eigenvalue weighted by atomic mass is 16.1. The molecule has 3 aromatic rings. The van der Waals surface area contributed by atoms with Crippen molar-refractivity contribution in [3.05, 3.63) is 77.0 Å². The molecule has 0 N–H and O–H groups in total. The van der Waals surface area contributed by atoms with Gasteiger partial charge in [-0.25, -0.2) is 0 Å². The summed E-state index contributed by atoms with van der Waals surface area (Å²) in [6.45, 7) is 4.83. The summed E-state index contributed by atoms with van der Waals surface area (Å²) in [6, 6.07) is 19.0. The zero-order valence-corrected chi connectivity index (χ0v) is 16.5. The van der Waals surface area contributed by atoms with Crippen LogP contribution in [0.4, 0.5) is 0 Å². The van der Waals surface area contributed by atoms with Gasteiger partial charge in [-0.05, 0) is 51.6 Å². The van der Waals surface area contributed by atoms with Crippen molar-refractivity contribution in [2.75, 3.05) is 20.6 Å². The number of fused-ring (bicyclic) bond motifs is 3. The van der Waals surface area contributed by atoms with E-state index in [9.17, 15) is 4.79 Å². The average molecular weight is 358 g/mol. The molecule has 1 atom stereocenters. The maximum atomic E-state index is 12.6. The van der Waals surface area contributed by atoms with Gasteiger partial charge in [0.2, 0.25) is 0 Å². The first-order valence-electron chi connectivity index (χ1n) is 9.58. The van der Waals surface area contributed by atoms with Crippen LogP contribution in [0.25, 0.3) is 16.5 Å². The monoisotopic (exact) mass is 358 g/mol. The zero-order chi connectivity index (χ0) is 19.1. The normalized spacial score (nSPS) is 16.4. The second-order valence-corrected chi connectivity index (χ2v) is 7.65. The smallest absolute Gasteiger partial charge is 0.158 e. The number of likely N-dealkylation sites (N-methyl/N-ethyl adjacent to an activating group) is 1. The number of carbonyl (C=O) groups is 1. The van der Waals surface area contributed by atoms with Crippen LogP contribution in [0, 0.1) is 0 Å². The Morgan fingerprint density at radius 1 is 1.04 bits per heavy atom. The topological polar surface area (TPSA) is 25.2 Å². The first-order valence-corrected chi connectivity index (χ1v) is 9.58. The summed E-state index contributed by atoms with van der Waals surface area (Å²) in [6.07, 6.45) is 0.962. The molecule has 2 aromatic carbocycles. The third-order valence-electron chi connectivity index (χ3n) is 5.58. The highest BCUT2D eigenvalue weighted by Crippen LogP contribution is 2.46. The highest BCUT2D eigenvalue weighted by Gasteiger charge is 2.35. The van der Waals surface area contributed by atoms with Crippen molar-refractivity contribution < 1.29 is 4.79 Å². The Morgan fingerprint density at radius 3 is 2.37 bits per heavy atom. The lowest BCUT2D eigenvalue weighted by Crippen LogP contribution is -2.15. The fourth-order valence-electron chi connectivity index (χ4n) is 4.43. The second kappa shape index (κ2) is 6.82. The molecule has 3 heteroatoms. The van der Waals surface area contributed by atoms with Crippen LogP contribution in [0.3, 0.4) is 0 Å². The molecule has 0 saturated heterocycles. The summed E-state index contributed by atoms with van der Waals surface area (Å²) in [4.78, 5) is 14.9. The molecule has 3 nitrogen and oxygen atoms in total. The van der Waals surface area contributed by atoms with Crippen LogP contribution in [-0.4, -0.2) is 35.9 Å².